The number of fused-ring (bicyclic) bond motifs is 1. The fourth-order valence-electron chi connectivity index (χ4n) is 4.72. The summed E-state index contributed by atoms with van der Waals surface area (Å²) >= 11 is 0. The first-order valence-corrected chi connectivity index (χ1v) is 16.6. The maximum Gasteiger partial charge on any atom is 0.315 e. The van der Waals surface area contributed by atoms with E-state index >= 15 is 0 Å². The van der Waals surface area contributed by atoms with E-state index in [4.69, 9.17) is 5.73 Å². The Morgan fingerprint density at radius 2 is 1.47 bits per heavy atom. The molecule has 0 unspecified atom stereocenters. The van der Waals surface area contributed by atoms with Gasteiger partial charge in [-0.1, -0.05) is 12.1 Å². The monoisotopic (exact) mass is 713 g/mol. The Morgan fingerprint density at radius 1 is 0.878 bits per heavy atom. The van der Waals surface area contributed by atoms with Gasteiger partial charge in [0.1, 0.15) is 10.5 Å². The summed E-state index contributed by atoms with van der Waals surface area (Å²) < 4.78 is 80.6. The van der Waals surface area contributed by atoms with Gasteiger partial charge in [0, 0.05) is 23.5 Å². The van der Waals surface area contributed by atoms with Crippen molar-refractivity contribution in [2.45, 2.75) is 23.6 Å². The second-order valence-corrected chi connectivity index (χ2v) is 13.0. The highest BCUT2D eigenvalue weighted by Gasteiger charge is 2.38. The topological polar surface area (TPSA) is 276 Å². The number of carbonyl (C=O) groups excluding carboxylic acids is 3. The lowest BCUT2D eigenvalue weighted by Gasteiger charge is -2.26. The predicted octanol–water partition coefficient (Wildman–Crippen LogP) is 2.10. The number of anilines is 5. The highest BCUT2D eigenvalue weighted by atomic mass is 32.2. The fourth-order valence-corrected chi connectivity index (χ4v) is 5.86. The molecule has 0 aliphatic carbocycles. The van der Waals surface area contributed by atoms with Gasteiger partial charge in [0.15, 0.2) is 5.71 Å². The number of halogens is 1. The average Bonchev–Trinajstić information content (AvgIpc) is 2.99. The Kier molecular flexibility index (Phi) is 9.10. The van der Waals surface area contributed by atoms with Crippen molar-refractivity contribution < 1.29 is 44.7 Å². The van der Waals surface area contributed by atoms with E-state index in [0.717, 1.165) is 12.1 Å². The molecule has 0 radical (unpaired) electrons. The van der Waals surface area contributed by atoms with E-state index in [2.05, 4.69) is 36.1 Å². The lowest BCUT2D eigenvalue weighted by atomic mass is 9.97. The van der Waals surface area contributed by atoms with Crippen molar-refractivity contribution in [3.8, 4) is 0 Å². The molecule has 3 aromatic carbocycles. The number of primary amides is 1. The maximum atomic E-state index is 14.5. The lowest BCUT2D eigenvalue weighted by Crippen LogP contribution is -2.49. The minimum atomic E-state index is -4.87. The van der Waals surface area contributed by atoms with Crippen LogP contribution < -0.4 is 21.8 Å². The van der Waals surface area contributed by atoms with Crippen molar-refractivity contribution in [2.24, 2.45) is 10.8 Å². The molecule has 254 valence electrons. The first kappa shape index (κ1) is 34.4. The van der Waals surface area contributed by atoms with Crippen molar-refractivity contribution >= 4 is 83.4 Å². The number of hydrazone groups is 1. The summed E-state index contributed by atoms with van der Waals surface area (Å²) in [4.78, 5) is 48.5. The number of nitrogens with two attached hydrogens (primary N) is 1. The van der Waals surface area contributed by atoms with E-state index in [1.807, 2.05) is 0 Å². The summed E-state index contributed by atoms with van der Waals surface area (Å²) in [6.45, 7) is 2.60. The summed E-state index contributed by atoms with van der Waals surface area (Å²) in [5, 5.41) is 10.4. The second kappa shape index (κ2) is 13.0. The van der Waals surface area contributed by atoms with E-state index in [1.165, 1.54) is 44.2 Å². The number of aromatic nitrogens is 3. The number of nitrogens with one attached hydrogen (secondary N) is 3. The Balaban J connectivity index is 1.44. The van der Waals surface area contributed by atoms with E-state index < -0.39 is 60.2 Å². The Labute approximate surface area is 276 Å². The van der Waals surface area contributed by atoms with Gasteiger partial charge < -0.3 is 16.4 Å². The van der Waals surface area contributed by atoms with Gasteiger partial charge >= 0.3 is 6.08 Å². The van der Waals surface area contributed by atoms with Gasteiger partial charge in [-0.05, 0) is 67.1 Å². The number of benzene rings is 3. The van der Waals surface area contributed by atoms with Crippen LogP contribution in [0.25, 0.3) is 10.8 Å². The van der Waals surface area contributed by atoms with Crippen LogP contribution >= 0.6 is 0 Å². The zero-order chi connectivity index (χ0) is 35.8. The standard InChI is InChI=1S/C28H24FN9O9S2/c1-3-38-24(40)21(23(30)39)13(2)22(25(38)41)37-36-19-12-17(7-9-20(19)49(45,46)47)32-28-34-26(29)33-27(35-28)31-16-6-4-15-11-18(48(42,43)44)8-5-14(15)10-16/h4-12,36H,3H2,1-2H3,(H2,30,39)(H,42,43,44)(H,45,46,47)(H2,31,32,33,34,35)/b37-22+. The number of carbonyl (C=O) groups is 3. The predicted molar refractivity (Wildman–Crippen MR) is 172 cm³/mol. The molecule has 0 bridgehead atoms. The van der Waals surface area contributed by atoms with Gasteiger partial charge in [0.05, 0.1) is 10.6 Å². The van der Waals surface area contributed by atoms with Crippen molar-refractivity contribution in [2.75, 3.05) is 22.6 Å². The molecule has 21 heteroatoms. The van der Waals surface area contributed by atoms with Crippen molar-refractivity contribution in [1.82, 2.24) is 19.9 Å². The van der Waals surface area contributed by atoms with E-state index in [-0.39, 0.29) is 40.3 Å². The molecule has 0 saturated heterocycles. The van der Waals surface area contributed by atoms with Crippen LogP contribution in [0.3, 0.4) is 0 Å². The van der Waals surface area contributed by atoms with Crippen LogP contribution in [0.15, 0.2) is 80.6 Å². The molecule has 0 saturated carbocycles. The molecule has 0 atom stereocenters. The number of nitrogens with zero attached hydrogens (tertiary/aromatic N) is 5. The molecule has 1 aliphatic heterocycles. The van der Waals surface area contributed by atoms with Gasteiger partial charge in [-0.2, -0.15) is 41.3 Å². The minimum absolute atomic E-state index is 0.0393. The molecule has 1 aromatic heterocycles. The number of hydrogen-bond donors (Lipinski definition) is 6. The third-order valence-electron chi connectivity index (χ3n) is 6.98. The van der Waals surface area contributed by atoms with Crippen LogP contribution in [-0.2, 0) is 34.6 Å². The van der Waals surface area contributed by atoms with Gasteiger partial charge in [-0.15, -0.1) is 0 Å². The van der Waals surface area contributed by atoms with Crippen molar-refractivity contribution in [3.63, 3.8) is 0 Å². The molecule has 5 rings (SSSR count). The van der Waals surface area contributed by atoms with E-state index in [9.17, 15) is 44.7 Å². The molecule has 2 heterocycles. The van der Waals surface area contributed by atoms with Gasteiger partial charge in [-0.25, -0.2) is 0 Å². The molecule has 0 fully saturated rings. The Morgan fingerprint density at radius 3 is 2.06 bits per heavy atom. The van der Waals surface area contributed by atoms with E-state index in [0.29, 0.717) is 21.4 Å². The zero-order valence-electron chi connectivity index (χ0n) is 25.2. The lowest BCUT2D eigenvalue weighted by molar-refractivity contribution is -0.139. The molecule has 1 aliphatic rings. The van der Waals surface area contributed by atoms with E-state index in [1.54, 1.807) is 12.1 Å². The van der Waals surface area contributed by atoms with Gasteiger partial charge in [0.2, 0.25) is 11.9 Å². The van der Waals surface area contributed by atoms with Crippen molar-refractivity contribution in [1.29, 1.82) is 0 Å². The van der Waals surface area contributed by atoms with Gasteiger partial charge in [0.25, 0.3) is 38.0 Å². The number of amides is 3. The summed E-state index contributed by atoms with van der Waals surface area (Å²) in [6.07, 6.45) is -1.21. The maximum absolute atomic E-state index is 14.5. The number of hydrogen-bond acceptors (Lipinski definition) is 14. The third kappa shape index (κ3) is 7.33. The summed E-state index contributed by atoms with van der Waals surface area (Å²) in [5.41, 5.74) is 6.61. The molecular weight excluding hydrogens is 689 g/mol. The van der Waals surface area contributed by atoms with Crippen LogP contribution in [-0.4, -0.2) is 75.8 Å². The fraction of sp³-hybridized carbons (Fsp3) is 0.107. The highest BCUT2D eigenvalue weighted by molar-refractivity contribution is 7.86. The summed E-state index contributed by atoms with van der Waals surface area (Å²) in [5.74, 6) is -3.55. The molecule has 7 N–H and O–H groups in total. The smallest absolute Gasteiger partial charge is 0.315 e. The molecule has 49 heavy (non-hydrogen) atoms. The Bertz CT molecular complexity index is 2370. The molecule has 0 spiro atoms. The molecule has 18 nitrogen and oxygen atoms in total. The zero-order valence-corrected chi connectivity index (χ0v) is 26.8. The average molecular weight is 714 g/mol. The number of imide groups is 1. The second-order valence-electron chi connectivity index (χ2n) is 10.2. The SMILES string of the molecule is CCN1C(=O)C(C(N)=O)=C(C)/C(=N\Nc2cc(Nc3nc(F)nc(Nc4ccc5cc(S(=O)(=O)O)ccc5c4)n3)ccc2S(=O)(=O)O)C1=O. The van der Waals surface area contributed by atoms with Crippen LogP contribution in [0, 0.1) is 6.08 Å². The number of likely N-dealkylation sites (N-methyl/N-ethyl adjacent to an activating group) is 1. The molecule has 4 aromatic rings. The minimum Gasteiger partial charge on any atom is -0.365 e. The first-order valence-electron chi connectivity index (χ1n) is 13.8. The Hall–Kier alpha value is -5.90. The van der Waals surface area contributed by atoms with Crippen LogP contribution in [0.4, 0.5) is 33.3 Å². The number of rotatable bonds is 10. The van der Waals surface area contributed by atoms with Crippen LogP contribution in [0.2, 0.25) is 0 Å². The van der Waals surface area contributed by atoms with Gasteiger partial charge in [-0.3, -0.25) is 33.8 Å². The van der Waals surface area contributed by atoms with Crippen molar-refractivity contribution in [3.05, 3.63) is 71.8 Å². The summed E-state index contributed by atoms with van der Waals surface area (Å²) in [7, 11) is -9.28. The summed E-state index contributed by atoms with van der Waals surface area (Å²) in [6, 6.07) is 11.8. The largest absolute Gasteiger partial charge is 0.365 e. The quantitative estimate of drug-likeness (QED) is 0.0594. The molecular formula is C28H24FN9O9S2. The van der Waals surface area contributed by atoms with Crippen LogP contribution in [0.1, 0.15) is 13.8 Å². The highest BCUT2D eigenvalue weighted by Crippen LogP contribution is 2.29. The van der Waals surface area contributed by atoms with Crippen LogP contribution in [0.5, 0.6) is 0 Å². The third-order valence-corrected chi connectivity index (χ3v) is 8.74. The molecule has 3 amide bonds. The first-order chi connectivity index (χ1) is 23.0. The normalized spacial score (nSPS) is 14.8.